The number of hydrogen-bond donors (Lipinski definition) is 1. The first-order valence-electron chi connectivity index (χ1n) is 5.02. The van der Waals surface area contributed by atoms with E-state index in [-0.39, 0.29) is 5.91 Å². The van der Waals surface area contributed by atoms with E-state index in [0.29, 0.717) is 11.4 Å². The van der Waals surface area contributed by atoms with Crippen LogP contribution in [0.5, 0.6) is 0 Å². The fourth-order valence-electron chi connectivity index (χ4n) is 1.32. The molecule has 0 bridgehead atoms. The van der Waals surface area contributed by atoms with Crippen LogP contribution in [0, 0.1) is 0 Å². The molecule has 2 aromatic rings. The van der Waals surface area contributed by atoms with Gasteiger partial charge in [0.2, 0.25) is 0 Å². The SMILES string of the molecule is CCn1cc(C(=O)Nc2ccn(C)n2)cn1. The number of aryl methyl sites for hydroxylation is 2. The van der Waals surface area contributed by atoms with Gasteiger partial charge in [0.05, 0.1) is 11.8 Å². The van der Waals surface area contributed by atoms with Gasteiger partial charge in [0.1, 0.15) is 0 Å². The van der Waals surface area contributed by atoms with Crippen LogP contribution in [-0.2, 0) is 13.6 Å². The van der Waals surface area contributed by atoms with Crippen molar-refractivity contribution in [2.24, 2.45) is 7.05 Å². The minimum absolute atomic E-state index is 0.196. The highest BCUT2D eigenvalue weighted by Gasteiger charge is 2.09. The number of carbonyl (C=O) groups is 1. The first-order valence-corrected chi connectivity index (χ1v) is 5.02. The van der Waals surface area contributed by atoms with Gasteiger partial charge < -0.3 is 5.32 Å². The number of carbonyl (C=O) groups excluding carboxylic acids is 1. The predicted molar refractivity (Wildman–Crippen MR) is 59.1 cm³/mol. The maximum Gasteiger partial charge on any atom is 0.260 e. The molecule has 6 heteroatoms. The molecule has 0 aliphatic rings. The number of aromatic nitrogens is 4. The molecular weight excluding hydrogens is 206 g/mol. The standard InChI is InChI=1S/C10H13N5O/c1-3-15-7-8(6-11-15)10(16)12-9-4-5-14(2)13-9/h4-7H,3H2,1-2H3,(H,12,13,16). The molecular formula is C10H13N5O. The fraction of sp³-hybridized carbons (Fsp3) is 0.300. The molecule has 0 radical (unpaired) electrons. The van der Waals surface area contributed by atoms with Crippen LogP contribution in [0.25, 0.3) is 0 Å². The first kappa shape index (κ1) is 10.4. The first-order chi connectivity index (χ1) is 7.69. The van der Waals surface area contributed by atoms with Crippen LogP contribution in [0.15, 0.2) is 24.7 Å². The molecule has 0 fully saturated rings. The third kappa shape index (κ3) is 2.10. The summed E-state index contributed by atoms with van der Waals surface area (Å²) in [6.07, 6.45) is 5.02. The van der Waals surface area contributed by atoms with E-state index in [9.17, 15) is 4.79 Å². The summed E-state index contributed by atoms with van der Waals surface area (Å²) in [4.78, 5) is 11.7. The third-order valence-corrected chi connectivity index (χ3v) is 2.17. The lowest BCUT2D eigenvalue weighted by molar-refractivity contribution is 0.102. The monoisotopic (exact) mass is 219 g/mol. The van der Waals surface area contributed by atoms with Crippen molar-refractivity contribution in [3.63, 3.8) is 0 Å². The zero-order chi connectivity index (χ0) is 11.5. The topological polar surface area (TPSA) is 64.7 Å². The molecule has 0 spiro atoms. The summed E-state index contributed by atoms with van der Waals surface area (Å²) < 4.78 is 3.33. The van der Waals surface area contributed by atoms with Crippen LogP contribution in [-0.4, -0.2) is 25.5 Å². The normalized spacial score (nSPS) is 10.4. The summed E-state index contributed by atoms with van der Waals surface area (Å²) in [5.41, 5.74) is 0.535. The minimum Gasteiger partial charge on any atom is -0.305 e. The second-order valence-corrected chi connectivity index (χ2v) is 3.41. The number of nitrogens with zero attached hydrogens (tertiary/aromatic N) is 4. The highest BCUT2D eigenvalue weighted by molar-refractivity contribution is 6.03. The molecule has 1 N–H and O–H groups in total. The van der Waals surface area contributed by atoms with Crippen molar-refractivity contribution >= 4 is 11.7 Å². The van der Waals surface area contributed by atoms with Gasteiger partial charge in [0.15, 0.2) is 5.82 Å². The Balaban J connectivity index is 2.08. The van der Waals surface area contributed by atoms with Gasteiger partial charge in [0.25, 0.3) is 5.91 Å². The summed E-state index contributed by atoms with van der Waals surface area (Å²) in [6.45, 7) is 2.71. The Morgan fingerprint density at radius 1 is 1.56 bits per heavy atom. The Labute approximate surface area is 92.9 Å². The molecule has 16 heavy (non-hydrogen) atoms. The molecule has 6 nitrogen and oxygen atoms in total. The van der Waals surface area contributed by atoms with Crippen molar-refractivity contribution in [1.82, 2.24) is 19.6 Å². The average molecular weight is 219 g/mol. The van der Waals surface area contributed by atoms with E-state index in [0.717, 1.165) is 6.54 Å². The van der Waals surface area contributed by atoms with Gasteiger partial charge in [-0.05, 0) is 6.92 Å². The van der Waals surface area contributed by atoms with E-state index in [1.807, 2.05) is 6.92 Å². The van der Waals surface area contributed by atoms with Crippen LogP contribution in [0.1, 0.15) is 17.3 Å². The summed E-state index contributed by atoms with van der Waals surface area (Å²) in [5, 5.41) is 10.8. The number of hydrogen-bond acceptors (Lipinski definition) is 3. The van der Waals surface area contributed by atoms with Gasteiger partial charge in [-0.15, -0.1) is 0 Å². The van der Waals surface area contributed by atoms with Crippen molar-refractivity contribution < 1.29 is 4.79 Å². The summed E-state index contributed by atoms with van der Waals surface area (Å²) in [6, 6.07) is 1.74. The Hall–Kier alpha value is -2.11. The highest BCUT2D eigenvalue weighted by Crippen LogP contribution is 2.05. The number of rotatable bonds is 3. The van der Waals surface area contributed by atoms with Gasteiger partial charge in [-0.1, -0.05) is 0 Å². The molecule has 0 aliphatic carbocycles. The van der Waals surface area contributed by atoms with Crippen LogP contribution in [0.4, 0.5) is 5.82 Å². The second kappa shape index (κ2) is 4.18. The third-order valence-electron chi connectivity index (χ3n) is 2.17. The second-order valence-electron chi connectivity index (χ2n) is 3.41. The molecule has 2 heterocycles. The van der Waals surface area contributed by atoms with E-state index in [2.05, 4.69) is 15.5 Å². The predicted octanol–water partition coefficient (Wildman–Crippen LogP) is 0.889. The van der Waals surface area contributed by atoms with E-state index in [1.165, 1.54) is 0 Å². The lowest BCUT2D eigenvalue weighted by Crippen LogP contribution is -2.11. The molecule has 0 saturated heterocycles. The van der Waals surface area contributed by atoms with Gasteiger partial charge in [0, 0.05) is 32.1 Å². The number of nitrogens with one attached hydrogen (secondary N) is 1. The molecule has 0 atom stereocenters. The van der Waals surface area contributed by atoms with Crippen LogP contribution >= 0.6 is 0 Å². The molecule has 2 rings (SSSR count). The fourth-order valence-corrected chi connectivity index (χ4v) is 1.32. The molecule has 0 aliphatic heterocycles. The lowest BCUT2D eigenvalue weighted by Gasteiger charge is -1.98. The van der Waals surface area contributed by atoms with Crippen molar-refractivity contribution in [2.75, 3.05) is 5.32 Å². The number of amides is 1. The Morgan fingerprint density at radius 2 is 2.38 bits per heavy atom. The quantitative estimate of drug-likeness (QED) is 0.833. The molecule has 84 valence electrons. The summed E-state index contributed by atoms with van der Waals surface area (Å²) in [7, 11) is 1.80. The zero-order valence-corrected chi connectivity index (χ0v) is 9.21. The average Bonchev–Trinajstić information content (AvgIpc) is 2.87. The van der Waals surface area contributed by atoms with E-state index >= 15 is 0 Å². The zero-order valence-electron chi connectivity index (χ0n) is 9.21. The molecule has 0 unspecified atom stereocenters. The largest absolute Gasteiger partial charge is 0.305 e. The molecule has 2 aromatic heterocycles. The minimum atomic E-state index is -0.196. The Bertz CT molecular complexity index is 499. The van der Waals surface area contributed by atoms with Gasteiger partial charge in [-0.2, -0.15) is 10.2 Å². The van der Waals surface area contributed by atoms with Gasteiger partial charge in [-0.3, -0.25) is 14.2 Å². The van der Waals surface area contributed by atoms with Crippen LogP contribution in [0.3, 0.4) is 0 Å². The maximum atomic E-state index is 11.7. The van der Waals surface area contributed by atoms with Crippen LogP contribution in [0.2, 0.25) is 0 Å². The van der Waals surface area contributed by atoms with Crippen molar-refractivity contribution in [2.45, 2.75) is 13.5 Å². The summed E-state index contributed by atoms with van der Waals surface area (Å²) >= 11 is 0. The van der Waals surface area contributed by atoms with E-state index in [4.69, 9.17) is 0 Å². The molecule has 1 amide bonds. The van der Waals surface area contributed by atoms with E-state index < -0.39 is 0 Å². The van der Waals surface area contributed by atoms with Gasteiger partial charge >= 0.3 is 0 Å². The Morgan fingerprint density at radius 3 is 2.94 bits per heavy atom. The number of anilines is 1. The lowest BCUT2D eigenvalue weighted by atomic mass is 10.3. The van der Waals surface area contributed by atoms with Gasteiger partial charge in [-0.25, -0.2) is 0 Å². The van der Waals surface area contributed by atoms with E-state index in [1.54, 1.807) is 41.1 Å². The van der Waals surface area contributed by atoms with Crippen molar-refractivity contribution in [3.8, 4) is 0 Å². The van der Waals surface area contributed by atoms with Crippen molar-refractivity contribution in [3.05, 3.63) is 30.2 Å². The Kier molecular flexibility index (Phi) is 2.72. The molecule has 0 aromatic carbocycles. The smallest absolute Gasteiger partial charge is 0.260 e. The highest BCUT2D eigenvalue weighted by atomic mass is 16.1. The maximum absolute atomic E-state index is 11.7. The summed E-state index contributed by atoms with van der Waals surface area (Å²) in [5.74, 6) is 0.343. The van der Waals surface area contributed by atoms with Crippen molar-refractivity contribution in [1.29, 1.82) is 0 Å². The van der Waals surface area contributed by atoms with Crippen LogP contribution < -0.4 is 5.32 Å². The molecule has 0 saturated carbocycles.